The third-order valence-corrected chi connectivity index (χ3v) is 4.66. The van der Waals surface area contributed by atoms with Crippen molar-refractivity contribution < 1.29 is 19.0 Å². The van der Waals surface area contributed by atoms with Crippen molar-refractivity contribution in [2.75, 3.05) is 13.2 Å². The highest BCUT2D eigenvalue weighted by molar-refractivity contribution is 5.77. The predicted molar refractivity (Wildman–Crippen MR) is 102 cm³/mol. The van der Waals surface area contributed by atoms with E-state index in [1.54, 1.807) is 0 Å². The zero-order valence-corrected chi connectivity index (χ0v) is 17.1. The van der Waals surface area contributed by atoms with E-state index in [0.29, 0.717) is 31.8 Å². The second-order valence-electron chi connectivity index (χ2n) is 7.51. The minimum atomic E-state index is 0.0865. The van der Waals surface area contributed by atoms with Crippen LogP contribution >= 0.6 is 0 Å². The van der Waals surface area contributed by atoms with Crippen molar-refractivity contribution >= 4 is 5.78 Å². The third kappa shape index (κ3) is 8.95. The molecule has 27 heavy (non-hydrogen) atoms. The lowest BCUT2D eigenvalue weighted by molar-refractivity contribution is -0.118. The quantitative estimate of drug-likeness (QED) is 0.488. The average Bonchev–Trinajstić information content (AvgIpc) is 3.08. The topological polar surface area (TPSA) is 75.5 Å². The maximum Gasteiger partial charge on any atom is 0.132 e. The molecule has 0 unspecified atom stereocenters. The van der Waals surface area contributed by atoms with Crippen LogP contribution in [-0.2, 0) is 32.2 Å². The van der Waals surface area contributed by atoms with Crippen molar-refractivity contribution in [2.24, 2.45) is 0 Å². The van der Waals surface area contributed by atoms with Gasteiger partial charge in [-0.1, -0.05) is 18.6 Å². The molecule has 1 fully saturated rings. The zero-order chi connectivity index (χ0) is 19.5. The summed E-state index contributed by atoms with van der Waals surface area (Å²) in [5.74, 6) is 0.347. The Balaban J connectivity index is 1.58. The van der Waals surface area contributed by atoms with Crippen LogP contribution in [0.25, 0.3) is 0 Å². The van der Waals surface area contributed by atoms with Gasteiger partial charge in [-0.05, 0) is 33.1 Å². The second kappa shape index (κ2) is 12.2. The number of carbonyl (C=O) groups excluding carboxylic acids is 1. The molecule has 7 nitrogen and oxygen atoms in total. The van der Waals surface area contributed by atoms with Gasteiger partial charge in [-0.2, -0.15) is 0 Å². The predicted octanol–water partition coefficient (Wildman–Crippen LogP) is 3.31. The summed E-state index contributed by atoms with van der Waals surface area (Å²) < 4.78 is 19.3. The van der Waals surface area contributed by atoms with Crippen molar-refractivity contribution in [3.63, 3.8) is 0 Å². The van der Waals surface area contributed by atoms with Gasteiger partial charge < -0.3 is 14.2 Å². The lowest BCUT2D eigenvalue weighted by atomic mass is 10.1. The van der Waals surface area contributed by atoms with E-state index < -0.39 is 0 Å². The molecule has 0 aliphatic carbocycles. The Kier molecular flexibility index (Phi) is 9.94. The SMILES string of the molecule is CCC(=O)CCCCCn1cc(COC[C@@H]2C[C@@H](OC(C)C)CCO2)nn1. The molecule has 1 aromatic rings. The third-order valence-electron chi connectivity index (χ3n) is 4.66. The molecule has 1 aliphatic rings. The van der Waals surface area contributed by atoms with Gasteiger partial charge >= 0.3 is 0 Å². The first-order valence-electron chi connectivity index (χ1n) is 10.3. The van der Waals surface area contributed by atoms with Crippen LogP contribution in [0, 0.1) is 0 Å². The van der Waals surface area contributed by atoms with E-state index in [1.165, 1.54) is 0 Å². The van der Waals surface area contributed by atoms with Crippen LogP contribution in [0.1, 0.15) is 71.4 Å². The Morgan fingerprint density at radius 2 is 2.22 bits per heavy atom. The van der Waals surface area contributed by atoms with Gasteiger partial charge in [0.1, 0.15) is 11.5 Å². The van der Waals surface area contributed by atoms with Gasteiger partial charge in [0.05, 0.1) is 37.7 Å². The van der Waals surface area contributed by atoms with Gasteiger partial charge in [-0.15, -0.1) is 5.10 Å². The first kappa shape index (κ1) is 22.0. The number of hydrogen-bond acceptors (Lipinski definition) is 6. The fraction of sp³-hybridized carbons (Fsp3) is 0.850. The van der Waals surface area contributed by atoms with E-state index in [0.717, 1.165) is 50.9 Å². The molecule has 0 spiro atoms. The van der Waals surface area contributed by atoms with Crippen LogP contribution in [-0.4, -0.2) is 52.3 Å². The summed E-state index contributed by atoms with van der Waals surface area (Å²) in [6.07, 6.45) is 8.71. The minimum Gasteiger partial charge on any atom is -0.376 e. The highest BCUT2D eigenvalue weighted by Gasteiger charge is 2.24. The van der Waals surface area contributed by atoms with E-state index in [9.17, 15) is 4.79 Å². The number of carbonyl (C=O) groups is 1. The normalized spacial score (nSPS) is 20.3. The summed E-state index contributed by atoms with van der Waals surface area (Å²) in [5, 5.41) is 8.31. The standard InChI is InChI=1S/C20H35N3O4/c1-4-18(24)8-6-5-7-10-23-13-17(21-22-23)14-25-15-20-12-19(9-11-26-20)27-16(2)3/h13,16,19-20H,4-12,14-15H2,1-3H3/t19-,20-/m0/s1. The number of Topliss-reactive ketones (excluding diaryl/α,β-unsaturated/α-hetero) is 1. The molecule has 2 atom stereocenters. The molecule has 0 saturated carbocycles. The van der Waals surface area contributed by atoms with Crippen LogP contribution in [0.2, 0.25) is 0 Å². The maximum absolute atomic E-state index is 11.3. The van der Waals surface area contributed by atoms with Crippen molar-refractivity contribution in [1.29, 1.82) is 0 Å². The van der Waals surface area contributed by atoms with Crippen molar-refractivity contribution in [1.82, 2.24) is 15.0 Å². The van der Waals surface area contributed by atoms with Gasteiger partial charge in [0.25, 0.3) is 0 Å². The molecule has 1 aliphatic heterocycles. The molecule has 2 heterocycles. The van der Waals surface area contributed by atoms with Gasteiger partial charge in [0.15, 0.2) is 0 Å². The molecule has 0 radical (unpaired) electrons. The fourth-order valence-electron chi connectivity index (χ4n) is 3.23. The number of nitrogens with zero attached hydrogens (tertiary/aromatic N) is 3. The van der Waals surface area contributed by atoms with Gasteiger partial charge in [0, 0.05) is 32.4 Å². The van der Waals surface area contributed by atoms with Crippen LogP contribution < -0.4 is 0 Å². The number of aromatic nitrogens is 3. The summed E-state index contributed by atoms with van der Waals surface area (Å²) in [7, 11) is 0. The highest BCUT2D eigenvalue weighted by atomic mass is 16.5. The van der Waals surface area contributed by atoms with Crippen molar-refractivity contribution in [3.05, 3.63) is 11.9 Å². The summed E-state index contributed by atoms with van der Waals surface area (Å²) in [6, 6.07) is 0. The van der Waals surface area contributed by atoms with Crippen LogP contribution in [0.4, 0.5) is 0 Å². The Morgan fingerprint density at radius 1 is 1.37 bits per heavy atom. The number of rotatable bonds is 13. The molecule has 7 heteroatoms. The minimum absolute atomic E-state index is 0.0865. The van der Waals surface area contributed by atoms with E-state index >= 15 is 0 Å². The molecule has 0 bridgehead atoms. The number of hydrogen-bond donors (Lipinski definition) is 0. The summed E-state index contributed by atoms with van der Waals surface area (Å²) in [6.45, 7) is 8.60. The van der Waals surface area contributed by atoms with Crippen molar-refractivity contribution in [2.45, 2.75) is 97.2 Å². The lowest BCUT2D eigenvalue weighted by Gasteiger charge is -2.30. The van der Waals surface area contributed by atoms with E-state index in [4.69, 9.17) is 14.2 Å². The maximum atomic E-state index is 11.3. The lowest BCUT2D eigenvalue weighted by Crippen LogP contribution is -2.35. The van der Waals surface area contributed by atoms with Crippen molar-refractivity contribution in [3.8, 4) is 0 Å². The Hall–Kier alpha value is -1.31. The Labute approximate surface area is 162 Å². The number of ketones is 1. The number of unbranched alkanes of at least 4 members (excludes halogenated alkanes) is 2. The molecular formula is C20H35N3O4. The van der Waals surface area contributed by atoms with E-state index in [-0.39, 0.29) is 18.3 Å². The first-order valence-corrected chi connectivity index (χ1v) is 10.3. The molecule has 1 saturated heterocycles. The summed E-state index contributed by atoms with van der Waals surface area (Å²) in [4.78, 5) is 11.3. The zero-order valence-electron chi connectivity index (χ0n) is 17.1. The van der Waals surface area contributed by atoms with Gasteiger partial charge in [-0.3, -0.25) is 9.48 Å². The smallest absolute Gasteiger partial charge is 0.132 e. The monoisotopic (exact) mass is 381 g/mol. The summed E-state index contributed by atoms with van der Waals surface area (Å²) in [5.41, 5.74) is 0.835. The number of aryl methyl sites for hydroxylation is 1. The van der Waals surface area contributed by atoms with E-state index in [2.05, 4.69) is 24.2 Å². The molecule has 2 rings (SSSR count). The Bertz CT molecular complexity index is 547. The molecule has 1 aromatic heterocycles. The van der Waals surface area contributed by atoms with Crippen LogP contribution in [0.15, 0.2) is 6.20 Å². The van der Waals surface area contributed by atoms with Gasteiger partial charge in [0.2, 0.25) is 0 Å². The van der Waals surface area contributed by atoms with Crippen LogP contribution in [0.5, 0.6) is 0 Å². The Morgan fingerprint density at radius 3 is 3.00 bits per heavy atom. The molecular weight excluding hydrogens is 346 g/mol. The molecule has 154 valence electrons. The summed E-state index contributed by atoms with van der Waals surface area (Å²) >= 11 is 0. The van der Waals surface area contributed by atoms with E-state index in [1.807, 2.05) is 17.8 Å². The highest BCUT2D eigenvalue weighted by Crippen LogP contribution is 2.19. The number of ether oxygens (including phenoxy) is 3. The molecule has 0 N–H and O–H groups in total. The van der Waals surface area contributed by atoms with Crippen LogP contribution in [0.3, 0.4) is 0 Å². The first-order chi connectivity index (χ1) is 13.1. The molecule has 0 amide bonds. The molecule has 0 aromatic carbocycles. The van der Waals surface area contributed by atoms with Gasteiger partial charge in [-0.25, -0.2) is 0 Å². The average molecular weight is 382 g/mol. The second-order valence-corrected chi connectivity index (χ2v) is 7.51. The largest absolute Gasteiger partial charge is 0.376 e. The fourth-order valence-corrected chi connectivity index (χ4v) is 3.23.